The monoisotopic (exact) mass is 1030 g/mol. The molecule has 0 aromatic heterocycles. The van der Waals surface area contributed by atoms with E-state index in [1.807, 2.05) is 27.2 Å². The maximum atomic E-state index is 13.0. The number of likely N-dealkylation sites (N-methyl/N-ethyl adjacent to an activating group) is 1. The molecule has 0 aromatic carbocycles. The number of nitrogens with one attached hydrogen (secondary N) is 1. The minimum atomic E-state index is -4.61. The Kier molecular flexibility index (Phi) is 53.5. The molecular weight excluding hydrogens is 912 g/mol. The average molecular weight is 1040 g/mol. The van der Waals surface area contributed by atoms with Crippen molar-refractivity contribution in [2.45, 2.75) is 321 Å². The van der Waals surface area contributed by atoms with Gasteiger partial charge in [0, 0.05) is 6.42 Å². The van der Waals surface area contributed by atoms with Crippen LogP contribution in [-0.2, 0) is 18.4 Å². The summed E-state index contributed by atoms with van der Waals surface area (Å²) in [5, 5.41) is 13.9. The third-order valence-electron chi connectivity index (χ3n) is 14.3. The third kappa shape index (κ3) is 56.4. The molecule has 0 spiro atoms. The maximum absolute atomic E-state index is 13.0. The zero-order chi connectivity index (χ0) is 52.7. The number of quaternary nitrogens is 1. The van der Waals surface area contributed by atoms with Crippen LogP contribution in [0, 0.1) is 0 Å². The van der Waals surface area contributed by atoms with Gasteiger partial charge in [-0.3, -0.25) is 9.36 Å². The lowest BCUT2D eigenvalue weighted by Gasteiger charge is -2.29. The molecule has 0 radical (unpaired) electrons. The Labute approximate surface area is 448 Å². The van der Waals surface area contributed by atoms with Crippen molar-refractivity contribution < 1.29 is 32.9 Å². The highest BCUT2D eigenvalue weighted by atomic mass is 31.2. The number of phosphoric acid groups is 1. The quantitative estimate of drug-likeness (QED) is 0.0272. The van der Waals surface area contributed by atoms with E-state index < -0.39 is 20.0 Å². The van der Waals surface area contributed by atoms with Gasteiger partial charge in [0.15, 0.2) is 0 Å². The number of unbranched alkanes of at least 4 members (excludes halogenated alkanes) is 41. The summed E-state index contributed by atoms with van der Waals surface area (Å²) in [6.07, 6.45) is 71.0. The SMILES string of the molecule is CCCCCCCCCCCCCC/C=C\CCCCCCCCCCCCCCCCC(=O)NC(COP(=O)([O-])OCC[N+](C)(C)C)C(O)/C=C/CC/C=C/CCCCCCCCCCCCCCCC. The molecule has 0 aromatic rings. The van der Waals surface area contributed by atoms with Crippen LogP contribution in [0.2, 0.25) is 0 Å². The molecular formula is C63H123N2O6P. The van der Waals surface area contributed by atoms with Crippen molar-refractivity contribution in [2.24, 2.45) is 0 Å². The third-order valence-corrected chi connectivity index (χ3v) is 15.3. The standard InChI is InChI=1S/C63H123N2O6P/c1-6-8-10-12-14-16-18-20-22-24-26-28-29-30-31-32-33-34-35-36-37-39-41-43-45-47-49-51-53-55-57-63(67)64-61(60-71-72(68,69)70-59-58-65(3,4)5)62(66)56-54-52-50-48-46-44-42-40-38-27-25-23-21-19-17-15-13-11-9-7-2/h30-31,46,48,54,56,61-62,66H,6-29,32-45,47,49-53,55,57-60H2,1-5H3,(H-,64,67,68,69)/b31-30-,48-46+,56-54+. The summed E-state index contributed by atoms with van der Waals surface area (Å²) >= 11 is 0. The number of carbonyl (C=O) groups is 1. The molecule has 2 N–H and O–H groups in total. The average Bonchev–Trinajstić information content (AvgIpc) is 3.34. The van der Waals surface area contributed by atoms with Gasteiger partial charge in [0.1, 0.15) is 13.2 Å². The molecule has 0 aliphatic rings. The summed E-state index contributed by atoms with van der Waals surface area (Å²) < 4.78 is 23.4. The van der Waals surface area contributed by atoms with Crippen molar-refractivity contribution in [3.05, 3.63) is 36.5 Å². The molecule has 0 rings (SSSR count). The van der Waals surface area contributed by atoms with Crippen LogP contribution >= 0.6 is 7.82 Å². The molecule has 1 amide bonds. The van der Waals surface area contributed by atoms with Crippen LogP contribution in [0.4, 0.5) is 0 Å². The van der Waals surface area contributed by atoms with E-state index in [0.717, 1.165) is 38.5 Å². The van der Waals surface area contributed by atoms with Crippen LogP contribution in [0.5, 0.6) is 0 Å². The molecule has 9 heteroatoms. The first-order valence-corrected chi connectivity index (χ1v) is 32.8. The zero-order valence-corrected chi connectivity index (χ0v) is 49.5. The van der Waals surface area contributed by atoms with Gasteiger partial charge in [-0.25, -0.2) is 0 Å². The highest BCUT2D eigenvalue weighted by Gasteiger charge is 2.23. The Balaban J connectivity index is 4.12. The predicted octanol–water partition coefficient (Wildman–Crippen LogP) is 18.7. The van der Waals surface area contributed by atoms with Gasteiger partial charge in [-0.15, -0.1) is 0 Å². The van der Waals surface area contributed by atoms with E-state index in [9.17, 15) is 19.4 Å². The summed E-state index contributed by atoms with van der Waals surface area (Å²) in [4.78, 5) is 25.5. The molecule has 3 atom stereocenters. The van der Waals surface area contributed by atoms with Gasteiger partial charge in [-0.05, 0) is 57.8 Å². The lowest BCUT2D eigenvalue weighted by molar-refractivity contribution is -0.870. The lowest BCUT2D eigenvalue weighted by Crippen LogP contribution is -2.45. The summed E-state index contributed by atoms with van der Waals surface area (Å²) in [6, 6.07) is -0.903. The van der Waals surface area contributed by atoms with Gasteiger partial charge in [-0.2, -0.15) is 0 Å². The minimum absolute atomic E-state index is 0.00515. The van der Waals surface area contributed by atoms with E-state index in [1.54, 1.807) is 6.08 Å². The fraction of sp³-hybridized carbons (Fsp3) is 0.889. The first kappa shape index (κ1) is 70.7. The first-order chi connectivity index (χ1) is 35.0. The van der Waals surface area contributed by atoms with Crippen LogP contribution in [0.1, 0.15) is 309 Å². The summed E-state index contributed by atoms with van der Waals surface area (Å²) in [6.45, 7) is 4.67. The molecule has 0 bridgehead atoms. The van der Waals surface area contributed by atoms with Crippen LogP contribution in [-0.4, -0.2) is 68.5 Å². The lowest BCUT2D eigenvalue weighted by atomic mass is 10.0. The molecule has 0 saturated carbocycles. The molecule has 0 aliphatic heterocycles. The molecule has 426 valence electrons. The van der Waals surface area contributed by atoms with Crippen LogP contribution in [0.3, 0.4) is 0 Å². The number of nitrogens with zero attached hydrogens (tertiary/aromatic N) is 1. The minimum Gasteiger partial charge on any atom is -0.756 e. The van der Waals surface area contributed by atoms with E-state index in [0.29, 0.717) is 17.4 Å². The van der Waals surface area contributed by atoms with E-state index >= 15 is 0 Å². The van der Waals surface area contributed by atoms with Crippen molar-refractivity contribution in [3.8, 4) is 0 Å². The number of hydrogen-bond donors (Lipinski definition) is 2. The van der Waals surface area contributed by atoms with Crippen molar-refractivity contribution in [1.82, 2.24) is 5.32 Å². The fourth-order valence-corrected chi connectivity index (χ4v) is 10.1. The van der Waals surface area contributed by atoms with Crippen molar-refractivity contribution in [2.75, 3.05) is 40.9 Å². The second-order valence-electron chi connectivity index (χ2n) is 22.8. The van der Waals surface area contributed by atoms with Crippen molar-refractivity contribution >= 4 is 13.7 Å². The Morgan fingerprint density at radius 3 is 1.12 bits per heavy atom. The number of hydrogen-bond acceptors (Lipinski definition) is 6. The summed E-state index contributed by atoms with van der Waals surface area (Å²) in [5.74, 6) is -0.203. The van der Waals surface area contributed by atoms with Crippen LogP contribution in [0.25, 0.3) is 0 Å². The van der Waals surface area contributed by atoms with Crippen molar-refractivity contribution in [3.63, 3.8) is 0 Å². The van der Waals surface area contributed by atoms with Gasteiger partial charge in [0.25, 0.3) is 7.82 Å². The molecule has 72 heavy (non-hydrogen) atoms. The normalized spacial score (nSPS) is 14.0. The molecule has 0 saturated heterocycles. The van der Waals surface area contributed by atoms with Gasteiger partial charge in [-0.1, -0.05) is 281 Å². The molecule has 0 aliphatic carbocycles. The van der Waals surface area contributed by atoms with Gasteiger partial charge >= 0.3 is 0 Å². The highest BCUT2D eigenvalue weighted by molar-refractivity contribution is 7.45. The topological polar surface area (TPSA) is 108 Å². The van der Waals surface area contributed by atoms with Crippen LogP contribution < -0.4 is 10.2 Å². The largest absolute Gasteiger partial charge is 0.756 e. The van der Waals surface area contributed by atoms with Crippen LogP contribution in [0.15, 0.2) is 36.5 Å². The number of amides is 1. The summed E-state index contributed by atoms with van der Waals surface area (Å²) in [5.41, 5.74) is 0. The fourth-order valence-electron chi connectivity index (χ4n) is 9.40. The number of rotatable bonds is 58. The first-order valence-electron chi connectivity index (χ1n) is 31.4. The van der Waals surface area contributed by atoms with E-state index in [1.165, 1.54) is 250 Å². The van der Waals surface area contributed by atoms with Gasteiger partial charge < -0.3 is 28.8 Å². The van der Waals surface area contributed by atoms with Gasteiger partial charge in [0.05, 0.1) is 39.9 Å². The smallest absolute Gasteiger partial charge is 0.268 e. The predicted molar refractivity (Wildman–Crippen MR) is 311 cm³/mol. The maximum Gasteiger partial charge on any atom is 0.268 e. The number of phosphoric ester groups is 1. The molecule has 0 fully saturated rings. The van der Waals surface area contributed by atoms with E-state index in [-0.39, 0.29) is 19.1 Å². The molecule has 0 heterocycles. The van der Waals surface area contributed by atoms with E-state index in [2.05, 4.69) is 43.5 Å². The number of carbonyl (C=O) groups excluding carboxylic acids is 1. The number of aliphatic hydroxyl groups excluding tert-OH is 1. The Morgan fingerprint density at radius 2 is 0.778 bits per heavy atom. The molecule has 8 nitrogen and oxygen atoms in total. The second kappa shape index (κ2) is 54.5. The highest BCUT2D eigenvalue weighted by Crippen LogP contribution is 2.38. The Hall–Kier alpha value is -1.28. The number of aliphatic hydroxyl groups is 1. The van der Waals surface area contributed by atoms with Crippen molar-refractivity contribution in [1.29, 1.82) is 0 Å². The summed E-state index contributed by atoms with van der Waals surface area (Å²) in [7, 11) is 1.25. The number of allylic oxidation sites excluding steroid dienone is 5. The second-order valence-corrected chi connectivity index (χ2v) is 24.2. The van der Waals surface area contributed by atoms with E-state index in [4.69, 9.17) is 9.05 Å². The Bertz CT molecular complexity index is 1270. The molecule has 3 unspecified atom stereocenters. The Morgan fingerprint density at radius 1 is 0.472 bits per heavy atom. The van der Waals surface area contributed by atoms with Gasteiger partial charge in [0.2, 0.25) is 5.91 Å². The zero-order valence-electron chi connectivity index (χ0n) is 48.6.